The number of hydrogen-bond acceptors (Lipinski definition) is 2. The molecule has 0 saturated heterocycles. The fraction of sp³-hybridized carbons (Fsp3) is 0.857. The first-order valence-electron chi connectivity index (χ1n) is 6.92. The number of carbonyl (C=O) groups excluding carboxylic acids is 1. The van der Waals surface area contributed by atoms with Crippen LogP contribution in [0.1, 0.15) is 58.8 Å². The van der Waals surface area contributed by atoms with E-state index in [0.717, 1.165) is 44.9 Å². The van der Waals surface area contributed by atoms with Crippen molar-refractivity contribution in [1.29, 1.82) is 5.26 Å². The van der Waals surface area contributed by atoms with Crippen molar-refractivity contribution < 1.29 is 4.79 Å². The molecule has 0 radical (unpaired) electrons. The number of carbonyl (C=O) groups is 1. The van der Waals surface area contributed by atoms with E-state index in [0.29, 0.717) is 0 Å². The maximum Gasteiger partial charge on any atom is 0.223 e. The lowest BCUT2D eigenvalue weighted by atomic mass is 9.96. The average Bonchev–Trinajstić information content (AvgIpc) is 2.76. The summed E-state index contributed by atoms with van der Waals surface area (Å²) < 4.78 is 0. The topological polar surface area (TPSA) is 52.9 Å². The van der Waals surface area contributed by atoms with Gasteiger partial charge in [0.1, 0.15) is 0 Å². The molecule has 1 aliphatic rings. The molecule has 0 heterocycles. The van der Waals surface area contributed by atoms with Crippen molar-refractivity contribution >= 4 is 5.91 Å². The van der Waals surface area contributed by atoms with Crippen LogP contribution in [0.2, 0.25) is 0 Å². The smallest absolute Gasteiger partial charge is 0.223 e. The van der Waals surface area contributed by atoms with Crippen molar-refractivity contribution in [2.45, 2.75) is 64.8 Å². The van der Waals surface area contributed by atoms with E-state index < -0.39 is 0 Å². The third-order valence-corrected chi connectivity index (χ3v) is 3.65. The summed E-state index contributed by atoms with van der Waals surface area (Å²) in [6.45, 7) is 4.23. The summed E-state index contributed by atoms with van der Waals surface area (Å²) in [6, 6.07) is 2.41. The van der Waals surface area contributed by atoms with Gasteiger partial charge in [-0.2, -0.15) is 5.26 Å². The monoisotopic (exact) mass is 236 g/mol. The average molecular weight is 236 g/mol. The zero-order valence-electron chi connectivity index (χ0n) is 11.0. The highest BCUT2D eigenvalue weighted by Gasteiger charge is 2.30. The molecule has 1 aliphatic carbocycles. The minimum absolute atomic E-state index is 0.0304. The normalized spacial score (nSPS) is 23.6. The van der Waals surface area contributed by atoms with Crippen molar-refractivity contribution in [1.82, 2.24) is 5.32 Å². The molecule has 2 unspecified atom stereocenters. The molecule has 2 atom stereocenters. The molecule has 0 spiro atoms. The number of nitrogens with one attached hydrogen (secondary N) is 1. The van der Waals surface area contributed by atoms with E-state index in [1.54, 1.807) is 0 Å². The van der Waals surface area contributed by atoms with Crippen molar-refractivity contribution in [3.05, 3.63) is 0 Å². The third kappa shape index (κ3) is 4.03. The minimum Gasteiger partial charge on any atom is -0.352 e. The molecule has 3 nitrogen and oxygen atoms in total. The van der Waals surface area contributed by atoms with Gasteiger partial charge in [-0.1, -0.05) is 26.7 Å². The summed E-state index contributed by atoms with van der Waals surface area (Å²) in [5, 5.41) is 12.1. The van der Waals surface area contributed by atoms with Crippen LogP contribution in [0.3, 0.4) is 0 Å². The fourth-order valence-electron chi connectivity index (χ4n) is 2.69. The Morgan fingerprint density at radius 2 is 2.00 bits per heavy atom. The van der Waals surface area contributed by atoms with Crippen LogP contribution in [0.25, 0.3) is 0 Å². The molecule has 17 heavy (non-hydrogen) atoms. The summed E-state index contributed by atoms with van der Waals surface area (Å²) in [5.74, 6) is 0.341. The summed E-state index contributed by atoms with van der Waals surface area (Å²) in [6.07, 6.45) is 6.99. The lowest BCUT2D eigenvalue weighted by Crippen LogP contribution is -2.40. The Hall–Kier alpha value is -1.04. The van der Waals surface area contributed by atoms with Gasteiger partial charge in [0, 0.05) is 12.0 Å². The highest BCUT2D eigenvalue weighted by molar-refractivity contribution is 5.79. The molecule has 1 rings (SSSR count). The summed E-state index contributed by atoms with van der Waals surface area (Å²) in [4.78, 5) is 12.1. The molecular weight excluding hydrogens is 212 g/mol. The van der Waals surface area contributed by atoms with Gasteiger partial charge in [0.2, 0.25) is 5.91 Å². The minimum atomic E-state index is 0.0304. The molecule has 1 fully saturated rings. The second-order valence-corrected chi connectivity index (χ2v) is 5.06. The number of nitrogens with zero attached hydrogens (tertiary/aromatic N) is 1. The molecule has 1 amide bonds. The Balaban J connectivity index is 2.48. The predicted octanol–water partition coefficient (Wildman–Crippen LogP) is 3.01. The molecule has 3 heteroatoms. The Kier molecular flexibility index (Phi) is 6.04. The Morgan fingerprint density at radius 3 is 2.53 bits per heavy atom. The number of amides is 1. The van der Waals surface area contributed by atoms with Crippen molar-refractivity contribution in [2.24, 2.45) is 11.8 Å². The maximum absolute atomic E-state index is 12.1. The van der Waals surface area contributed by atoms with Gasteiger partial charge in [-0.25, -0.2) is 0 Å². The Bertz CT molecular complexity index is 276. The lowest BCUT2D eigenvalue weighted by molar-refractivity contribution is -0.126. The number of hydrogen-bond donors (Lipinski definition) is 1. The molecule has 96 valence electrons. The van der Waals surface area contributed by atoms with Gasteiger partial charge in [-0.15, -0.1) is 0 Å². The molecule has 1 saturated carbocycles. The highest BCUT2D eigenvalue weighted by atomic mass is 16.1. The first-order valence-corrected chi connectivity index (χ1v) is 6.92. The number of nitriles is 1. The van der Waals surface area contributed by atoms with E-state index in [4.69, 9.17) is 5.26 Å². The van der Waals surface area contributed by atoms with Crippen LogP contribution < -0.4 is 5.32 Å². The van der Waals surface area contributed by atoms with Gasteiger partial charge in [0.25, 0.3) is 0 Å². The van der Waals surface area contributed by atoms with Crippen molar-refractivity contribution in [3.8, 4) is 6.07 Å². The highest BCUT2D eigenvalue weighted by Crippen LogP contribution is 2.25. The van der Waals surface area contributed by atoms with Crippen LogP contribution in [0.5, 0.6) is 0 Å². The Morgan fingerprint density at radius 1 is 1.35 bits per heavy atom. The van der Waals surface area contributed by atoms with Gasteiger partial charge < -0.3 is 5.32 Å². The van der Waals surface area contributed by atoms with Crippen molar-refractivity contribution in [2.75, 3.05) is 0 Å². The Labute approximate surface area is 105 Å². The molecule has 0 aromatic carbocycles. The van der Waals surface area contributed by atoms with Gasteiger partial charge in [0.15, 0.2) is 0 Å². The summed E-state index contributed by atoms with van der Waals surface area (Å²) in [5.41, 5.74) is 0. The second-order valence-electron chi connectivity index (χ2n) is 5.06. The van der Waals surface area contributed by atoms with Crippen molar-refractivity contribution in [3.63, 3.8) is 0 Å². The SMILES string of the molecule is CCCC(CCC)C(=O)NC1CCCC1C#N. The summed E-state index contributed by atoms with van der Waals surface area (Å²) in [7, 11) is 0. The fourth-order valence-corrected chi connectivity index (χ4v) is 2.69. The van der Waals surface area contributed by atoms with Crippen LogP contribution in [-0.4, -0.2) is 11.9 Å². The lowest BCUT2D eigenvalue weighted by Gasteiger charge is -2.20. The molecular formula is C14H24N2O. The summed E-state index contributed by atoms with van der Waals surface area (Å²) >= 11 is 0. The quantitative estimate of drug-likeness (QED) is 0.770. The van der Waals surface area contributed by atoms with Crippen LogP contribution >= 0.6 is 0 Å². The zero-order valence-corrected chi connectivity index (χ0v) is 11.0. The largest absolute Gasteiger partial charge is 0.352 e. The van der Waals surface area contributed by atoms with Gasteiger partial charge in [-0.3, -0.25) is 4.79 Å². The van der Waals surface area contributed by atoms with Gasteiger partial charge in [-0.05, 0) is 32.1 Å². The van der Waals surface area contributed by atoms with E-state index in [1.807, 2.05) is 0 Å². The molecule has 0 bridgehead atoms. The second kappa shape index (κ2) is 7.32. The first kappa shape index (κ1) is 14.0. The standard InChI is InChI=1S/C14H24N2O/c1-3-6-11(7-4-2)14(17)16-13-9-5-8-12(13)10-15/h11-13H,3-9H2,1-2H3,(H,16,17). The molecule has 0 aromatic rings. The molecule has 1 N–H and O–H groups in total. The van der Waals surface area contributed by atoms with E-state index in [9.17, 15) is 4.79 Å². The first-order chi connectivity index (χ1) is 8.22. The van der Waals surface area contributed by atoms with E-state index >= 15 is 0 Å². The molecule has 0 aromatic heterocycles. The zero-order chi connectivity index (χ0) is 12.7. The number of rotatable bonds is 6. The van der Waals surface area contributed by atoms with Gasteiger partial charge >= 0.3 is 0 Å². The van der Waals surface area contributed by atoms with Crippen LogP contribution in [0.4, 0.5) is 0 Å². The van der Waals surface area contributed by atoms with Crippen LogP contribution in [-0.2, 0) is 4.79 Å². The molecule has 0 aliphatic heterocycles. The predicted molar refractivity (Wildman–Crippen MR) is 68.2 cm³/mol. The van der Waals surface area contributed by atoms with E-state index in [2.05, 4.69) is 25.2 Å². The van der Waals surface area contributed by atoms with E-state index in [1.165, 1.54) is 0 Å². The third-order valence-electron chi connectivity index (χ3n) is 3.65. The van der Waals surface area contributed by atoms with Gasteiger partial charge in [0.05, 0.1) is 12.0 Å². The van der Waals surface area contributed by atoms with Crippen LogP contribution in [0.15, 0.2) is 0 Å². The maximum atomic E-state index is 12.1. The van der Waals surface area contributed by atoms with Crippen LogP contribution in [0, 0.1) is 23.2 Å². The van der Waals surface area contributed by atoms with E-state index in [-0.39, 0.29) is 23.8 Å².